The third-order valence-corrected chi connectivity index (χ3v) is 3.88. The summed E-state index contributed by atoms with van der Waals surface area (Å²) >= 11 is 0. The first kappa shape index (κ1) is 16.1. The number of hydrogen-bond donors (Lipinski definition) is 1. The van der Waals surface area contributed by atoms with Gasteiger partial charge in [0.1, 0.15) is 12.2 Å². The predicted molar refractivity (Wildman–Crippen MR) is 77.9 cm³/mol. The fourth-order valence-corrected chi connectivity index (χ4v) is 2.92. The van der Waals surface area contributed by atoms with E-state index in [-0.39, 0.29) is 30.7 Å². The van der Waals surface area contributed by atoms with Gasteiger partial charge in [0.2, 0.25) is 5.91 Å². The Labute approximate surface area is 126 Å². The average molecular weight is 298 g/mol. The molecule has 0 aromatic rings. The van der Waals surface area contributed by atoms with Crippen molar-refractivity contribution in [2.75, 3.05) is 19.8 Å². The molecule has 1 saturated heterocycles. The molecule has 0 atom stereocenters. The Balaban J connectivity index is 1.75. The van der Waals surface area contributed by atoms with E-state index in [1.54, 1.807) is 0 Å². The van der Waals surface area contributed by atoms with Gasteiger partial charge in [0, 0.05) is 18.6 Å². The van der Waals surface area contributed by atoms with Crippen LogP contribution in [0.3, 0.4) is 0 Å². The third-order valence-electron chi connectivity index (χ3n) is 3.88. The lowest BCUT2D eigenvalue weighted by Crippen LogP contribution is -2.51. The highest BCUT2D eigenvalue weighted by Gasteiger charge is 2.31. The summed E-state index contributed by atoms with van der Waals surface area (Å²) in [6.45, 7) is 7.08. The molecular formula is C15H26N2O4. The van der Waals surface area contributed by atoms with E-state index in [0.717, 1.165) is 25.7 Å². The molecule has 0 spiro atoms. The van der Waals surface area contributed by atoms with E-state index in [1.165, 1.54) is 0 Å². The van der Waals surface area contributed by atoms with E-state index in [1.807, 2.05) is 25.7 Å². The standard InChI is InChI=1S/C15H26N2O4/c1-15(2,3)21-14(19)16-11-4-6-12(7-5-11)17-8-9-20-10-13(17)18/h11-12H,4-10H2,1-3H3,(H,16,19). The molecule has 1 heterocycles. The highest BCUT2D eigenvalue weighted by molar-refractivity contribution is 5.78. The van der Waals surface area contributed by atoms with E-state index < -0.39 is 5.60 Å². The molecule has 2 aliphatic rings. The summed E-state index contributed by atoms with van der Waals surface area (Å²) in [5, 5.41) is 2.92. The summed E-state index contributed by atoms with van der Waals surface area (Å²) in [7, 11) is 0. The molecule has 2 amide bonds. The maximum atomic E-state index is 11.8. The van der Waals surface area contributed by atoms with Crippen LogP contribution in [-0.2, 0) is 14.3 Å². The first-order chi connectivity index (χ1) is 9.85. The fourth-order valence-electron chi connectivity index (χ4n) is 2.92. The van der Waals surface area contributed by atoms with Crippen molar-refractivity contribution in [3.8, 4) is 0 Å². The number of nitrogens with one attached hydrogen (secondary N) is 1. The first-order valence-corrected chi connectivity index (χ1v) is 7.72. The number of alkyl carbamates (subject to hydrolysis) is 1. The van der Waals surface area contributed by atoms with Crippen LogP contribution < -0.4 is 5.32 Å². The van der Waals surface area contributed by atoms with Crippen molar-refractivity contribution in [3.05, 3.63) is 0 Å². The van der Waals surface area contributed by atoms with Gasteiger partial charge in [-0.1, -0.05) is 0 Å². The van der Waals surface area contributed by atoms with Crippen LogP contribution >= 0.6 is 0 Å². The number of carbonyl (C=O) groups is 2. The zero-order valence-electron chi connectivity index (χ0n) is 13.2. The van der Waals surface area contributed by atoms with Gasteiger partial charge in [-0.05, 0) is 46.5 Å². The quantitative estimate of drug-likeness (QED) is 0.842. The van der Waals surface area contributed by atoms with Crippen molar-refractivity contribution >= 4 is 12.0 Å². The Morgan fingerprint density at radius 2 is 1.95 bits per heavy atom. The molecule has 6 nitrogen and oxygen atoms in total. The topological polar surface area (TPSA) is 67.9 Å². The Hall–Kier alpha value is -1.30. The van der Waals surface area contributed by atoms with Crippen molar-refractivity contribution in [2.24, 2.45) is 0 Å². The monoisotopic (exact) mass is 298 g/mol. The van der Waals surface area contributed by atoms with E-state index in [2.05, 4.69) is 5.32 Å². The molecule has 21 heavy (non-hydrogen) atoms. The highest BCUT2D eigenvalue weighted by Crippen LogP contribution is 2.24. The van der Waals surface area contributed by atoms with E-state index in [9.17, 15) is 9.59 Å². The summed E-state index contributed by atoms with van der Waals surface area (Å²) in [6, 6.07) is 0.435. The Bertz CT molecular complexity index is 384. The number of hydrogen-bond acceptors (Lipinski definition) is 4. The molecule has 1 saturated carbocycles. The largest absolute Gasteiger partial charge is 0.444 e. The normalized spacial score (nSPS) is 27.4. The molecule has 0 aromatic carbocycles. The minimum absolute atomic E-state index is 0.0878. The lowest BCUT2D eigenvalue weighted by Gasteiger charge is -2.38. The summed E-state index contributed by atoms with van der Waals surface area (Å²) < 4.78 is 10.4. The minimum Gasteiger partial charge on any atom is -0.444 e. The van der Waals surface area contributed by atoms with Gasteiger partial charge in [-0.15, -0.1) is 0 Å². The summed E-state index contributed by atoms with van der Waals surface area (Å²) in [5.74, 6) is 0.0878. The molecule has 0 radical (unpaired) electrons. The first-order valence-electron chi connectivity index (χ1n) is 7.72. The van der Waals surface area contributed by atoms with Crippen LogP contribution in [0, 0.1) is 0 Å². The second-order valence-electron chi connectivity index (χ2n) is 6.79. The van der Waals surface area contributed by atoms with Gasteiger partial charge < -0.3 is 19.7 Å². The summed E-state index contributed by atoms with van der Waals surface area (Å²) in [6.07, 6.45) is 3.26. The zero-order valence-corrected chi connectivity index (χ0v) is 13.2. The molecular weight excluding hydrogens is 272 g/mol. The van der Waals surface area contributed by atoms with Gasteiger partial charge >= 0.3 is 6.09 Å². The molecule has 6 heteroatoms. The zero-order chi connectivity index (χ0) is 15.5. The van der Waals surface area contributed by atoms with Crippen LogP contribution in [0.2, 0.25) is 0 Å². The third kappa shape index (κ3) is 4.88. The van der Waals surface area contributed by atoms with Crippen LogP contribution in [0.1, 0.15) is 46.5 Å². The number of amides is 2. The number of rotatable bonds is 2. The van der Waals surface area contributed by atoms with E-state index in [4.69, 9.17) is 9.47 Å². The van der Waals surface area contributed by atoms with Gasteiger partial charge in [0.25, 0.3) is 0 Å². The molecule has 1 aliphatic carbocycles. The molecule has 1 aliphatic heterocycles. The van der Waals surface area contributed by atoms with Crippen molar-refractivity contribution in [3.63, 3.8) is 0 Å². The molecule has 0 bridgehead atoms. The molecule has 2 fully saturated rings. The van der Waals surface area contributed by atoms with E-state index in [0.29, 0.717) is 13.2 Å². The highest BCUT2D eigenvalue weighted by atomic mass is 16.6. The smallest absolute Gasteiger partial charge is 0.407 e. The van der Waals surface area contributed by atoms with Gasteiger partial charge in [0.05, 0.1) is 6.61 Å². The van der Waals surface area contributed by atoms with Crippen LogP contribution in [0.5, 0.6) is 0 Å². The predicted octanol–water partition coefficient (Wildman–Crippen LogP) is 1.68. The molecule has 2 rings (SSSR count). The fraction of sp³-hybridized carbons (Fsp3) is 0.867. The lowest BCUT2D eigenvalue weighted by molar-refractivity contribution is -0.146. The van der Waals surface area contributed by atoms with Crippen LogP contribution in [-0.4, -0.2) is 54.3 Å². The Morgan fingerprint density at radius 1 is 1.29 bits per heavy atom. The van der Waals surface area contributed by atoms with Gasteiger partial charge in [-0.3, -0.25) is 4.79 Å². The maximum absolute atomic E-state index is 11.8. The van der Waals surface area contributed by atoms with E-state index >= 15 is 0 Å². The van der Waals surface area contributed by atoms with Gasteiger partial charge in [0.15, 0.2) is 0 Å². The van der Waals surface area contributed by atoms with Gasteiger partial charge in [-0.2, -0.15) is 0 Å². The number of carbonyl (C=O) groups excluding carboxylic acids is 2. The van der Waals surface area contributed by atoms with Crippen molar-refractivity contribution in [1.82, 2.24) is 10.2 Å². The minimum atomic E-state index is -0.471. The SMILES string of the molecule is CC(C)(C)OC(=O)NC1CCC(N2CCOCC2=O)CC1. The van der Waals surface area contributed by atoms with Crippen molar-refractivity contribution in [1.29, 1.82) is 0 Å². The molecule has 0 aromatic heterocycles. The van der Waals surface area contributed by atoms with Crippen LogP contribution in [0.15, 0.2) is 0 Å². The maximum Gasteiger partial charge on any atom is 0.407 e. The number of morpholine rings is 1. The number of ether oxygens (including phenoxy) is 2. The second-order valence-corrected chi connectivity index (χ2v) is 6.79. The number of nitrogens with zero attached hydrogens (tertiary/aromatic N) is 1. The van der Waals surface area contributed by atoms with Crippen LogP contribution in [0.25, 0.3) is 0 Å². The van der Waals surface area contributed by atoms with Gasteiger partial charge in [-0.25, -0.2) is 4.79 Å². The van der Waals surface area contributed by atoms with Crippen molar-refractivity contribution in [2.45, 2.75) is 64.1 Å². The molecule has 120 valence electrons. The van der Waals surface area contributed by atoms with Crippen molar-refractivity contribution < 1.29 is 19.1 Å². The summed E-state index contributed by atoms with van der Waals surface area (Å²) in [4.78, 5) is 25.5. The Kier molecular flexibility index (Phi) is 5.08. The molecule has 0 unspecified atom stereocenters. The summed E-state index contributed by atoms with van der Waals surface area (Å²) in [5.41, 5.74) is -0.471. The Morgan fingerprint density at radius 3 is 2.52 bits per heavy atom. The second kappa shape index (κ2) is 6.64. The lowest BCUT2D eigenvalue weighted by atomic mass is 9.90. The average Bonchev–Trinajstić information content (AvgIpc) is 2.38. The van der Waals surface area contributed by atoms with Crippen LogP contribution in [0.4, 0.5) is 4.79 Å². The molecule has 1 N–H and O–H groups in total.